The molecule has 0 aliphatic carbocycles. The van der Waals surface area contributed by atoms with Crippen molar-refractivity contribution in [3.8, 4) is 0 Å². The Morgan fingerprint density at radius 3 is 2.06 bits per heavy atom. The molecule has 18 heavy (non-hydrogen) atoms. The first-order valence-electron chi connectivity index (χ1n) is 6.36. The lowest BCUT2D eigenvalue weighted by atomic mass is 9.89. The average molecular weight is 261 g/mol. The van der Waals surface area contributed by atoms with Gasteiger partial charge in [-0.05, 0) is 47.2 Å². The number of hydrogen-bond donors (Lipinski definition) is 2. The Kier molecular flexibility index (Phi) is 7.43. The monoisotopic (exact) mass is 261 g/mol. The van der Waals surface area contributed by atoms with Gasteiger partial charge in [-0.15, -0.1) is 0 Å². The summed E-state index contributed by atoms with van der Waals surface area (Å²) in [5.74, 6) is 0. The first kappa shape index (κ1) is 17.4. The van der Waals surface area contributed by atoms with E-state index < -0.39 is 0 Å². The minimum absolute atomic E-state index is 0.0694. The largest absolute Gasteiger partial charge is 0.462 e. The Bertz CT molecular complexity index is 234. The van der Waals surface area contributed by atoms with E-state index in [0.29, 0.717) is 6.47 Å². The molecule has 0 atom stereocenters. The zero-order valence-electron chi connectivity index (χ0n) is 12.0. The van der Waals surface area contributed by atoms with Gasteiger partial charge in [0.05, 0.1) is 18.8 Å². The molecular weight excluding hydrogens is 234 g/mol. The highest BCUT2D eigenvalue weighted by molar-refractivity contribution is 5.37. The molecule has 108 valence electrons. The number of rotatable bonds is 3. The molecule has 1 saturated heterocycles. The maximum atomic E-state index is 9.60. The standard InChI is InChI=1S/C8H17NO2.C5H10O2/c1-9-5-3-2-4-8(9,6-10)7-11;1-5(2,3)7-4-6/h10-11H,2-7H2,1H3;4H,1-3H3. The van der Waals surface area contributed by atoms with Crippen LogP contribution in [0.4, 0.5) is 0 Å². The van der Waals surface area contributed by atoms with Gasteiger partial charge in [-0.3, -0.25) is 9.69 Å². The zero-order chi connectivity index (χ0) is 14.2. The van der Waals surface area contributed by atoms with Crippen LogP contribution in [-0.2, 0) is 9.53 Å². The van der Waals surface area contributed by atoms with Crippen molar-refractivity contribution < 1.29 is 19.7 Å². The number of carbonyl (C=O) groups excluding carboxylic acids is 1. The summed E-state index contributed by atoms with van der Waals surface area (Å²) >= 11 is 0. The second kappa shape index (κ2) is 7.71. The summed E-state index contributed by atoms with van der Waals surface area (Å²) in [6.07, 6.45) is 3.21. The molecule has 5 nitrogen and oxygen atoms in total. The van der Waals surface area contributed by atoms with Crippen LogP contribution in [0.5, 0.6) is 0 Å². The third-order valence-electron chi connectivity index (χ3n) is 3.19. The van der Waals surface area contributed by atoms with Gasteiger partial charge < -0.3 is 14.9 Å². The molecule has 0 aromatic carbocycles. The lowest BCUT2D eigenvalue weighted by molar-refractivity contribution is -0.138. The van der Waals surface area contributed by atoms with Crippen molar-refractivity contribution in [2.75, 3.05) is 26.8 Å². The summed E-state index contributed by atoms with van der Waals surface area (Å²) in [5.41, 5.74) is -0.653. The number of ether oxygens (including phenoxy) is 1. The van der Waals surface area contributed by atoms with Crippen LogP contribution in [0, 0.1) is 0 Å². The Hall–Kier alpha value is -0.650. The fraction of sp³-hybridized carbons (Fsp3) is 0.923. The van der Waals surface area contributed by atoms with Crippen molar-refractivity contribution in [1.29, 1.82) is 0 Å². The first-order chi connectivity index (χ1) is 8.31. The van der Waals surface area contributed by atoms with E-state index in [2.05, 4.69) is 9.64 Å². The Morgan fingerprint density at radius 1 is 1.28 bits per heavy atom. The summed E-state index contributed by atoms with van der Waals surface area (Å²) in [6, 6.07) is 0. The van der Waals surface area contributed by atoms with Gasteiger partial charge >= 0.3 is 0 Å². The second-order valence-electron chi connectivity index (χ2n) is 5.75. The van der Waals surface area contributed by atoms with Crippen LogP contribution in [0.2, 0.25) is 0 Å². The highest BCUT2D eigenvalue weighted by Gasteiger charge is 2.35. The van der Waals surface area contributed by atoms with E-state index >= 15 is 0 Å². The minimum Gasteiger partial charge on any atom is -0.462 e. The maximum Gasteiger partial charge on any atom is 0.293 e. The predicted molar refractivity (Wildman–Crippen MR) is 70.3 cm³/mol. The first-order valence-corrected chi connectivity index (χ1v) is 6.36. The lowest BCUT2D eigenvalue weighted by Gasteiger charge is -2.42. The van der Waals surface area contributed by atoms with Crippen LogP contribution >= 0.6 is 0 Å². The number of likely N-dealkylation sites (tertiary alicyclic amines) is 1. The van der Waals surface area contributed by atoms with Crippen molar-refractivity contribution >= 4 is 6.47 Å². The molecular formula is C13H27NO4. The van der Waals surface area contributed by atoms with Gasteiger partial charge in [-0.25, -0.2) is 0 Å². The van der Waals surface area contributed by atoms with E-state index in [-0.39, 0.29) is 24.4 Å². The number of aliphatic hydroxyl groups is 2. The molecule has 0 unspecified atom stereocenters. The average Bonchev–Trinajstić information content (AvgIpc) is 2.29. The Morgan fingerprint density at radius 2 is 1.83 bits per heavy atom. The molecule has 0 aromatic rings. The fourth-order valence-electron chi connectivity index (χ4n) is 1.82. The SMILES string of the molecule is CC(C)(C)OC=O.CN1CCCCC1(CO)CO. The molecule has 1 aliphatic heterocycles. The van der Waals surface area contributed by atoms with E-state index in [1.54, 1.807) is 0 Å². The van der Waals surface area contributed by atoms with Gasteiger partial charge in [-0.2, -0.15) is 0 Å². The van der Waals surface area contributed by atoms with E-state index in [1.165, 1.54) is 6.42 Å². The summed E-state index contributed by atoms with van der Waals surface area (Å²) in [4.78, 5) is 11.7. The van der Waals surface area contributed by atoms with Crippen LogP contribution in [0.15, 0.2) is 0 Å². The van der Waals surface area contributed by atoms with E-state index in [4.69, 9.17) is 10.2 Å². The maximum absolute atomic E-state index is 9.60. The van der Waals surface area contributed by atoms with Crippen molar-refractivity contribution in [2.45, 2.75) is 51.2 Å². The molecule has 0 aromatic heterocycles. The number of hydrogen-bond acceptors (Lipinski definition) is 5. The fourth-order valence-corrected chi connectivity index (χ4v) is 1.82. The van der Waals surface area contributed by atoms with Gasteiger partial charge in [0.1, 0.15) is 5.60 Å². The Balaban J connectivity index is 0.000000360. The highest BCUT2D eigenvalue weighted by atomic mass is 16.5. The number of likely N-dealkylation sites (N-methyl/N-ethyl adjacent to an activating group) is 1. The van der Waals surface area contributed by atoms with Crippen LogP contribution in [0.3, 0.4) is 0 Å². The number of aliphatic hydroxyl groups excluding tert-OH is 2. The van der Waals surface area contributed by atoms with Crippen molar-refractivity contribution in [2.24, 2.45) is 0 Å². The zero-order valence-corrected chi connectivity index (χ0v) is 12.0. The van der Waals surface area contributed by atoms with E-state index in [9.17, 15) is 4.79 Å². The van der Waals surface area contributed by atoms with Gasteiger partial charge in [0.25, 0.3) is 6.47 Å². The molecule has 0 spiro atoms. The minimum atomic E-state index is -0.335. The van der Waals surface area contributed by atoms with Crippen molar-refractivity contribution in [1.82, 2.24) is 4.90 Å². The number of piperidine rings is 1. The van der Waals surface area contributed by atoms with Crippen LogP contribution < -0.4 is 0 Å². The molecule has 5 heteroatoms. The molecule has 1 heterocycles. The number of carbonyl (C=O) groups is 1. The second-order valence-corrected chi connectivity index (χ2v) is 5.75. The third kappa shape index (κ3) is 5.80. The quantitative estimate of drug-likeness (QED) is 0.735. The lowest BCUT2D eigenvalue weighted by Crippen LogP contribution is -2.55. The van der Waals surface area contributed by atoms with Gasteiger partial charge in [0.15, 0.2) is 0 Å². The van der Waals surface area contributed by atoms with Crippen LogP contribution in [-0.4, -0.2) is 59.5 Å². The van der Waals surface area contributed by atoms with Crippen molar-refractivity contribution in [3.63, 3.8) is 0 Å². The third-order valence-corrected chi connectivity index (χ3v) is 3.19. The molecule has 2 N–H and O–H groups in total. The smallest absolute Gasteiger partial charge is 0.293 e. The molecule has 0 amide bonds. The molecule has 0 radical (unpaired) electrons. The Labute approximate surface area is 110 Å². The summed E-state index contributed by atoms with van der Waals surface area (Å²) < 4.78 is 4.55. The van der Waals surface area contributed by atoms with Crippen LogP contribution in [0.1, 0.15) is 40.0 Å². The molecule has 1 aliphatic rings. The number of nitrogens with zero attached hydrogens (tertiary/aromatic N) is 1. The highest BCUT2D eigenvalue weighted by Crippen LogP contribution is 2.25. The summed E-state index contributed by atoms with van der Waals surface area (Å²) in [6.45, 7) is 7.05. The topological polar surface area (TPSA) is 70.0 Å². The normalized spacial score (nSPS) is 19.7. The molecule has 0 bridgehead atoms. The summed E-state index contributed by atoms with van der Waals surface area (Å²) in [7, 11) is 1.96. The van der Waals surface area contributed by atoms with Gasteiger partial charge in [0.2, 0.25) is 0 Å². The molecule has 1 rings (SSSR count). The predicted octanol–water partition coefficient (Wildman–Crippen LogP) is 0.783. The van der Waals surface area contributed by atoms with Crippen molar-refractivity contribution in [3.05, 3.63) is 0 Å². The van der Waals surface area contributed by atoms with E-state index in [1.807, 2.05) is 27.8 Å². The van der Waals surface area contributed by atoms with Gasteiger partial charge in [0, 0.05) is 0 Å². The summed E-state index contributed by atoms with van der Waals surface area (Å²) in [5, 5.41) is 18.2. The van der Waals surface area contributed by atoms with Crippen LogP contribution in [0.25, 0.3) is 0 Å². The molecule has 1 fully saturated rings. The van der Waals surface area contributed by atoms with E-state index in [0.717, 1.165) is 19.4 Å². The van der Waals surface area contributed by atoms with Gasteiger partial charge in [-0.1, -0.05) is 6.42 Å². The molecule has 0 saturated carbocycles.